The first-order chi connectivity index (χ1) is 25.9. The van der Waals surface area contributed by atoms with E-state index in [-0.39, 0.29) is 49.1 Å². The van der Waals surface area contributed by atoms with Gasteiger partial charge in [0.2, 0.25) is 0 Å². The topological polar surface area (TPSA) is 16.4 Å². The minimum absolute atomic E-state index is 0.00381. The molecule has 2 aromatic heterocycles. The molecule has 0 saturated carbocycles. The van der Waals surface area contributed by atoms with Crippen molar-refractivity contribution in [3.8, 4) is 11.1 Å². The van der Waals surface area contributed by atoms with Gasteiger partial charge < -0.3 is 9.32 Å². The van der Waals surface area contributed by atoms with Crippen LogP contribution in [0.4, 0.5) is 17.1 Å². The lowest BCUT2D eigenvalue weighted by atomic mass is 10.0. The highest BCUT2D eigenvalue weighted by atomic mass is 32.1. The lowest BCUT2D eigenvalue weighted by Gasteiger charge is -2.26. The lowest BCUT2D eigenvalue weighted by molar-refractivity contribution is 0.672. The molecule has 0 spiro atoms. The third-order valence-electron chi connectivity index (χ3n) is 7.59. The zero-order valence-electron chi connectivity index (χ0n) is 33.3. The minimum atomic E-state index is -0.538. The highest BCUT2D eigenvalue weighted by molar-refractivity contribution is 7.25. The Morgan fingerprint density at radius 3 is 2.26 bits per heavy atom. The molecule has 0 aliphatic carbocycles. The molecule has 0 atom stereocenters. The van der Waals surface area contributed by atoms with Crippen molar-refractivity contribution in [3.05, 3.63) is 151 Å². The van der Waals surface area contributed by atoms with E-state index in [0.29, 0.717) is 27.9 Å². The number of hydrogen-bond donors (Lipinski definition) is 0. The number of nitrogens with zero attached hydrogens (tertiary/aromatic N) is 1. The molecule has 0 amide bonds. The predicted octanol–water partition coefficient (Wildman–Crippen LogP) is 12.2. The molecule has 2 nitrogen and oxygen atoms in total. The van der Waals surface area contributed by atoms with Crippen LogP contribution in [-0.2, 0) is 0 Å². The predicted molar refractivity (Wildman–Crippen MR) is 184 cm³/mol. The van der Waals surface area contributed by atoms with Crippen LogP contribution in [0.2, 0.25) is 0 Å². The quantitative estimate of drug-likeness (QED) is 0.206. The molecule has 9 rings (SSSR count). The molecular weight excluding hydrogens is 543 g/mol. The summed E-state index contributed by atoms with van der Waals surface area (Å²) in [5.74, 6) is 0. The standard InChI is InChI=1S/C40H25NOS/c1-2-10-29(11-3-1)41(35-14-8-15-36-39(35)33-23-19-27-9-4-5-12-31(27)40(33)42-36)30-21-17-26(18-22-30)28-20-24-38-34(25-28)32-13-6-7-16-37(32)43-38/h1-25H/i6D,7D,13D,16D,17D,18D,20D,21D,22D,24D,25D. The monoisotopic (exact) mass is 578 g/mol. The molecule has 3 heteroatoms. The van der Waals surface area contributed by atoms with Crippen LogP contribution >= 0.6 is 11.3 Å². The van der Waals surface area contributed by atoms with Crippen LogP contribution in [0, 0.1) is 0 Å². The van der Waals surface area contributed by atoms with E-state index in [4.69, 9.17) is 12.6 Å². The summed E-state index contributed by atoms with van der Waals surface area (Å²) in [4.78, 5) is 1.65. The van der Waals surface area contributed by atoms with Gasteiger partial charge in [-0.1, -0.05) is 90.9 Å². The maximum atomic E-state index is 9.44. The number of furan rings is 1. The van der Waals surface area contributed by atoms with Gasteiger partial charge in [-0.15, -0.1) is 11.3 Å². The van der Waals surface area contributed by atoms with Crippen molar-refractivity contribution in [2.75, 3.05) is 4.90 Å². The first kappa shape index (κ1) is 15.7. The second-order valence-corrected chi connectivity index (χ2v) is 11.1. The smallest absolute Gasteiger partial charge is 0.143 e. The fraction of sp³-hybridized carbons (Fsp3) is 0. The van der Waals surface area contributed by atoms with Gasteiger partial charge in [0, 0.05) is 42.3 Å². The summed E-state index contributed by atoms with van der Waals surface area (Å²) in [5.41, 5.74) is 1.54. The first-order valence-electron chi connectivity index (χ1n) is 19.1. The maximum Gasteiger partial charge on any atom is 0.143 e. The normalized spacial score (nSPS) is 15.3. The van der Waals surface area contributed by atoms with Crippen molar-refractivity contribution in [2.24, 2.45) is 0 Å². The number of anilines is 3. The number of fused-ring (bicyclic) bond motifs is 8. The lowest BCUT2D eigenvalue weighted by Crippen LogP contribution is -2.10. The molecule has 9 aromatic rings. The summed E-state index contributed by atoms with van der Waals surface area (Å²) >= 11 is 0.883. The average molecular weight is 579 g/mol. The van der Waals surface area contributed by atoms with Gasteiger partial charge in [0.05, 0.1) is 26.2 Å². The van der Waals surface area contributed by atoms with Gasteiger partial charge in [0.15, 0.2) is 0 Å². The van der Waals surface area contributed by atoms with E-state index in [2.05, 4.69) is 0 Å². The molecule has 0 bridgehead atoms. The molecule has 0 radical (unpaired) electrons. The number of para-hydroxylation sites is 1. The summed E-state index contributed by atoms with van der Waals surface area (Å²) in [6.45, 7) is 0. The fourth-order valence-corrected chi connectivity index (χ4v) is 6.58. The van der Waals surface area contributed by atoms with Crippen molar-refractivity contribution in [1.82, 2.24) is 0 Å². The highest BCUT2D eigenvalue weighted by Gasteiger charge is 2.20. The molecule has 0 N–H and O–H groups in total. The Balaban J connectivity index is 1.35. The van der Waals surface area contributed by atoms with Crippen molar-refractivity contribution in [2.45, 2.75) is 0 Å². The Morgan fingerprint density at radius 1 is 0.558 bits per heavy atom. The van der Waals surface area contributed by atoms with Crippen LogP contribution < -0.4 is 4.90 Å². The largest absolute Gasteiger partial charge is 0.455 e. The Kier molecular flexibility index (Phi) is 3.51. The second kappa shape index (κ2) is 9.59. The van der Waals surface area contributed by atoms with E-state index in [1.807, 2.05) is 54.6 Å². The third kappa shape index (κ3) is 3.86. The summed E-state index contributed by atoms with van der Waals surface area (Å²) in [6, 6.07) is 21.3. The number of hydrogen-bond acceptors (Lipinski definition) is 3. The molecule has 0 unspecified atom stereocenters. The van der Waals surface area contributed by atoms with Crippen LogP contribution in [-0.4, -0.2) is 0 Å². The molecule has 202 valence electrons. The molecule has 0 aliphatic rings. The van der Waals surface area contributed by atoms with Crippen molar-refractivity contribution >= 4 is 81.3 Å². The van der Waals surface area contributed by atoms with Gasteiger partial charge in [0.1, 0.15) is 11.2 Å². The van der Waals surface area contributed by atoms with E-state index < -0.39 is 54.4 Å². The van der Waals surface area contributed by atoms with E-state index in [1.54, 1.807) is 35.2 Å². The average Bonchev–Trinajstić information content (AvgIpc) is 3.78. The number of rotatable bonds is 4. The Bertz CT molecular complexity index is 3060. The van der Waals surface area contributed by atoms with E-state index in [9.17, 15) is 6.85 Å². The molecule has 43 heavy (non-hydrogen) atoms. The van der Waals surface area contributed by atoms with Gasteiger partial charge in [-0.05, 0) is 77.1 Å². The Hall–Kier alpha value is -5.38. The Labute approximate surface area is 268 Å². The van der Waals surface area contributed by atoms with Gasteiger partial charge in [-0.25, -0.2) is 0 Å². The zero-order valence-corrected chi connectivity index (χ0v) is 23.2. The van der Waals surface area contributed by atoms with Gasteiger partial charge in [0.25, 0.3) is 0 Å². The van der Waals surface area contributed by atoms with Crippen LogP contribution in [0.1, 0.15) is 15.1 Å². The van der Waals surface area contributed by atoms with E-state index in [0.717, 1.165) is 27.5 Å². The molecule has 2 heterocycles. The summed E-state index contributed by atoms with van der Waals surface area (Å²) < 4.78 is 105. The summed E-state index contributed by atoms with van der Waals surface area (Å²) in [5, 5.41) is 3.40. The summed E-state index contributed by atoms with van der Waals surface area (Å²) in [7, 11) is 0. The van der Waals surface area contributed by atoms with Gasteiger partial charge >= 0.3 is 0 Å². The van der Waals surface area contributed by atoms with Crippen LogP contribution in [0.15, 0.2) is 156 Å². The number of thiophene rings is 1. The molecule has 0 aliphatic heterocycles. The van der Waals surface area contributed by atoms with E-state index in [1.165, 1.54) is 0 Å². The second-order valence-electron chi connectivity index (χ2n) is 10.1. The molecular formula is C40H25NOS. The molecule has 0 saturated heterocycles. The number of benzene rings is 7. The molecule has 0 fully saturated rings. The van der Waals surface area contributed by atoms with Gasteiger partial charge in [-0.2, -0.15) is 0 Å². The zero-order chi connectivity index (χ0) is 37.9. The summed E-state index contributed by atoms with van der Waals surface area (Å²) in [6.07, 6.45) is 0. The maximum absolute atomic E-state index is 9.44. The van der Waals surface area contributed by atoms with Crippen LogP contribution in [0.5, 0.6) is 0 Å². The van der Waals surface area contributed by atoms with Crippen molar-refractivity contribution in [1.29, 1.82) is 0 Å². The first-order valence-corrected chi connectivity index (χ1v) is 14.4. The van der Waals surface area contributed by atoms with Gasteiger partial charge in [-0.3, -0.25) is 0 Å². The fourth-order valence-electron chi connectivity index (χ4n) is 5.66. The van der Waals surface area contributed by atoms with E-state index >= 15 is 0 Å². The SMILES string of the molecule is [2H]c1c([2H])c(N(c2ccccc2)c2cccc3oc4c5ccccc5ccc4c23)c([2H])c([2H])c1-c1c([2H])c([2H])c2sc3c([2H])c([2H])c([2H])c([2H])c3c2c1[2H]. The van der Waals surface area contributed by atoms with Crippen molar-refractivity contribution < 1.29 is 19.5 Å². The Morgan fingerprint density at radius 2 is 1.35 bits per heavy atom. The van der Waals surface area contributed by atoms with Crippen molar-refractivity contribution in [3.63, 3.8) is 0 Å². The third-order valence-corrected chi connectivity index (χ3v) is 8.61. The minimum Gasteiger partial charge on any atom is -0.455 e. The molecule has 7 aromatic carbocycles. The highest BCUT2D eigenvalue weighted by Crippen LogP contribution is 2.44. The van der Waals surface area contributed by atoms with Crippen LogP contribution in [0.3, 0.4) is 0 Å². The van der Waals surface area contributed by atoms with Crippen LogP contribution in [0.25, 0.3) is 64.0 Å².